The first-order chi connectivity index (χ1) is 25.8. The fraction of sp³-hybridized carbons (Fsp3) is 0.486. The van der Waals surface area contributed by atoms with E-state index in [-0.39, 0.29) is 58.7 Å². The van der Waals surface area contributed by atoms with Crippen LogP contribution >= 0.6 is 11.6 Å². The summed E-state index contributed by atoms with van der Waals surface area (Å²) in [5.74, 6) is -6.46. The minimum absolute atomic E-state index is 0.00283. The SMILES string of the molecule is CC(C)(C)C[C@]1(c2ccc(-c3cn(C4CC4)nn3)c(F)c2)N=C(N)N([C@H](COC(=O)CC2(C(C)(F)F)CC2)c2ccc(Cl)c(-n3ncnc3C(F)F)c2)C1=O. The Hall–Kier alpha value is -4.93. The van der Waals surface area contributed by atoms with Gasteiger partial charge in [0.15, 0.2) is 17.3 Å². The third-order valence-electron chi connectivity index (χ3n) is 10.4. The van der Waals surface area contributed by atoms with Gasteiger partial charge in [0.25, 0.3) is 18.3 Å². The van der Waals surface area contributed by atoms with Crippen LogP contribution in [0.1, 0.15) is 102 Å². The molecule has 2 aliphatic carbocycles. The van der Waals surface area contributed by atoms with Crippen LogP contribution in [0.5, 0.6) is 0 Å². The molecule has 1 amide bonds. The number of nitrogens with zero attached hydrogens (tertiary/aromatic N) is 8. The number of alkyl halides is 4. The lowest BCUT2D eigenvalue weighted by Crippen LogP contribution is -2.47. The lowest BCUT2D eigenvalue weighted by molar-refractivity contribution is -0.153. The Labute approximate surface area is 317 Å². The molecule has 18 heteroatoms. The molecule has 0 bridgehead atoms. The average Bonchev–Trinajstić information content (AvgIpc) is 3.97. The van der Waals surface area contributed by atoms with Crippen molar-refractivity contribution in [2.24, 2.45) is 21.6 Å². The molecule has 12 nitrogen and oxygen atoms in total. The molecule has 55 heavy (non-hydrogen) atoms. The maximum absolute atomic E-state index is 16.0. The maximum Gasteiger partial charge on any atom is 0.306 e. The molecule has 2 aromatic carbocycles. The van der Waals surface area contributed by atoms with Crippen molar-refractivity contribution < 1.29 is 36.3 Å². The average molecular weight is 788 g/mol. The summed E-state index contributed by atoms with van der Waals surface area (Å²) in [5, 5.41) is 12.2. The summed E-state index contributed by atoms with van der Waals surface area (Å²) in [6.45, 7) is 5.78. The van der Waals surface area contributed by atoms with E-state index in [1.54, 1.807) is 16.9 Å². The first kappa shape index (κ1) is 38.3. The highest BCUT2D eigenvalue weighted by Crippen LogP contribution is 2.59. The van der Waals surface area contributed by atoms with E-state index in [9.17, 15) is 22.4 Å². The molecule has 1 aliphatic heterocycles. The van der Waals surface area contributed by atoms with E-state index in [0.717, 1.165) is 35.7 Å². The summed E-state index contributed by atoms with van der Waals surface area (Å²) >= 11 is 6.46. The zero-order chi connectivity index (χ0) is 39.7. The van der Waals surface area contributed by atoms with Crippen LogP contribution in [-0.4, -0.2) is 65.0 Å². The molecule has 0 spiro atoms. The van der Waals surface area contributed by atoms with Crippen LogP contribution in [0.4, 0.5) is 22.0 Å². The van der Waals surface area contributed by atoms with E-state index in [1.807, 2.05) is 20.8 Å². The molecule has 0 unspecified atom stereocenters. The van der Waals surface area contributed by atoms with E-state index >= 15 is 9.18 Å². The third kappa shape index (κ3) is 7.30. The van der Waals surface area contributed by atoms with Gasteiger partial charge in [-0.3, -0.25) is 14.5 Å². The Morgan fingerprint density at radius 2 is 1.84 bits per heavy atom. The normalized spacial score (nSPS) is 20.2. The number of esters is 1. The van der Waals surface area contributed by atoms with E-state index in [0.29, 0.717) is 5.69 Å². The summed E-state index contributed by atoms with van der Waals surface area (Å²) in [6, 6.07) is 7.43. The van der Waals surface area contributed by atoms with Gasteiger partial charge in [0.05, 0.1) is 35.4 Å². The van der Waals surface area contributed by atoms with E-state index < -0.39 is 71.3 Å². The molecular formula is C37H39ClF5N9O3. The molecule has 4 aromatic rings. The summed E-state index contributed by atoms with van der Waals surface area (Å²) < 4.78 is 80.7. The van der Waals surface area contributed by atoms with E-state index in [2.05, 4.69) is 20.4 Å². The highest BCUT2D eigenvalue weighted by molar-refractivity contribution is 6.32. The van der Waals surface area contributed by atoms with Gasteiger partial charge in [-0.05, 0) is 79.8 Å². The molecule has 2 N–H and O–H groups in total. The van der Waals surface area contributed by atoms with Crippen molar-refractivity contribution in [2.45, 2.75) is 96.2 Å². The van der Waals surface area contributed by atoms with Crippen molar-refractivity contribution in [3.05, 3.63) is 76.7 Å². The lowest BCUT2D eigenvalue weighted by atomic mass is 9.75. The Bertz CT molecular complexity index is 2170. The fourth-order valence-corrected chi connectivity index (χ4v) is 7.39. The Kier molecular flexibility index (Phi) is 9.53. The topological polar surface area (TPSA) is 146 Å². The first-order valence-electron chi connectivity index (χ1n) is 17.8. The number of amides is 1. The van der Waals surface area contributed by atoms with Crippen molar-refractivity contribution >= 4 is 29.4 Å². The zero-order valence-electron chi connectivity index (χ0n) is 30.4. The van der Waals surface area contributed by atoms with E-state index in [4.69, 9.17) is 27.1 Å². The Morgan fingerprint density at radius 3 is 2.45 bits per heavy atom. The highest BCUT2D eigenvalue weighted by atomic mass is 35.5. The van der Waals surface area contributed by atoms with Crippen LogP contribution in [0, 0.1) is 16.6 Å². The quantitative estimate of drug-likeness (QED) is 0.108. The molecule has 0 radical (unpaired) electrons. The van der Waals surface area contributed by atoms with Crippen LogP contribution < -0.4 is 5.73 Å². The summed E-state index contributed by atoms with van der Waals surface area (Å²) in [6.07, 6.45) is 1.24. The molecule has 0 saturated heterocycles. The monoisotopic (exact) mass is 787 g/mol. The summed E-state index contributed by atoms with van der Waals surface area (Å²) in [4.78, 5) is 37.6. The molecule has 7 rings (SSSR count). The number of benzene rings is 2. The maximum atomic E-state index is 16.0. The number of halogens is 6. The molecule has 3 heterocycles. The second-order valence-electron chi connectivity index (χ2n) is 15.8. The minimum atomic E-state index is -3.14. The Morgan fingerprint density at radius 1 is 1.11 bits per heavy atom. The van der Waals surface area contributed by atoms with Gasteiger partial charge >= 0.3 is 5.97 Å². The van der Waals surface area contributed by atoms with Gasteiger partial charge in [-0.15, -0.1) is 5.10 Å². The number of hydrogen-bond donors (Lipinski definition) is 1. The number of aromatic nitrogens is 6. The predicted octanol–water partition coefficient (Wildman–Crippen LogP) is 7.49. The fourth-order valence-electron chi connectivity index (χ4n) is 7.20. The number of ether oxygens (including phenoxy) is 1. The number of rotatable bonds is 13. The number of carbonyl (C=O) groups is 2. The number of carbonyl (C=O) groups excluding carboxylic acids is 2. The zero-order valence-corrected chi connectivity index (χ0v) is 31.2. The van der Waals surface area contributed by atoms with Crippen molar-refractivity contribution in [1.82, 2.24) is 34.7 Å². The number of nitrogens with two attached hydrogens (primary N) is 1. The molecule has 292 valence electrons. The van der Waals surface area contributed by atoms with Gasteiger partial charge in [-0.1, -0.05) is 49.7 Å². The van der Waals surface area contributed by atoms with Crippen molar-refractivity contribution in [1.29, 1.82) is 0 Å². The number of hydrogen-bond acceptors (Lipinski definition) is 9. The van der Waals surface area contributed by atoms with Crippen LogP contribution in [0.15, 0.2) is 53.9 Å². The van der Waals surface area contributed by atoms with Gasteiger partial charge in [0, 0.05) is 11.0 Å². The smallest absolute Gasteiger partial charge is 0.306 e. The minimum Gasteiger partial charge on any atom is -0.463 e. The second kappa shape index (κ2) is 13.7. The van der Waals surface area contributed by atoms with Crippen LogP contribution in [-0.2, 0) is 19.9 Å². The second-order valence-corrected chi connectivity index (χ2v) is 16.2. The molecule has 2 saturated carbocycles. The van der Waals surface area contributed by atoms with Crippen LogP contribution in [0.3, 0.4) is 0 Å². The van der Waals surface area contributed by atoms with Crippen molar-refractivity contribution in [3.63, 3.8) is 0 Å². The first-order valence-corrected chi connectivity index (χ1v) is 18.1. The highest BCUT2D eigenvalue weighted by Gasteiger charge is 2.60. The van der Waals surface area contributed by atoms with E-state index in [1.165, 1.54) is 30.3 Å². The van der Waals surface area contributed by atoms with Crippen molar-refractivity contribution in [2.75, 3.05) is 6.61 Å². The van der Waals surface area contributed by atoms with Gasteiger partial charge in [-0.2, -0.15) is 5.10 Å². The van der Waals surface area contributed by atoms with Gasteiger partial charge in [0.1, 0.15) is 24.4 Å². The van der Waals surface area contributed by atoms with Crippen molar-refractivity contribution in [3.8, 4) is 16.9 Å². The Balaban J connectivity index is 1.28. The predicted molar refractivity (Wildman–Crippen MR) is 190 cm³/mol. The number of guanidine groups is 1. The summed E-state index contributed by atoms with van der Waals surface area (Å²) in [5.41, 5.74) is 3.51. The summed E-state index contributed by atoms with van der Waals surface area (Å²) in [7, 11) is 0. The van der Waals surface area contributed by atoms with Gasteiger partial charge in [0.2, 0.25) is 0 Å². The molecular weight excluding hydrogens is 749 g/mol. The molecule has 2 fully saturated rings. The molecule has 3 aliphatic rings. The van der Waals surface area contributed by atoms with Crippen LogP contribution in [0.25, 0.3) is 16.9 Å². The molecule has 2 atom stereocenters. The standard InChI is InChI=1S/C37H39ClF5N9O3/c1-34(2,3)18-37(21-6-9-23(25(39)14-21)26-16-50(49-48-26)22-7-8-22)32(54)51(33(44)47-37)28(17-55-29(53)15-36(11-12-36)35(4,42)43)20-5-10-24(38)27(13-20)52-31(30(40)41)45-19-46-52/h5-6,9-10,13-14,16,19,22,28,30H,7-8,11-12,15,17-18H2,1-4H3,(H2,44,47)/t28-,37-/m1/s1. The van der Waals surface area contributed by atoms with Gasteiger partial charge < -0.3 is 10.5 Å². The third-order valence-corrected chi connectivity index (χ3v) is 10.7. The van der Waals surface area contributed by atoms with Gasteiger partial charge in [-0.25, -0.2) is 41.3 Å². The molecule has 2 aromatic heterocycles. The number of aliphatic imine (C=N–C) groups is 1. The van der Waals surface area contributed by atoms with Crippen LogP contribution in [0.2, 0.25) is 5.02 Å². The lowest BCUT2D eigenvalue weighted by Gasteiger charge is -2.35. The largest absolute Gasteiger partial charge is 0.463 e.